The maximum Gasteiger partial charge on any atom is 0.323 e. The topological polar surface area (TPSA) is 94.9 Å². The maximum absolute atomic E-state index is 12.9. The molecule has 0 aliphatic rings. The lowest BCUT2D eigenvalue weighted by Crippen LogP contribution is -2.39. The van der Waals surface area contributed by atoms with Gasteiger partial charge in [-0.05, 0) is 12.1 Å². The molecule has 102 valence electrons. The molecule has 0 fully saturated rings. The summed E-state index contributed by atoms with van der Waals surface area (Å²) in [6.45, 7) is -1.77. The van der Waals surface area contributed by atoms with Crippen molar-refractivity contribution in [1.29, 1.82) is 0 Å². The summed E-state index contributed by atoms with van der Waals surface area (Å²) < 4.78 is 25.9. The van der Waals surface area contributed by atoms with E-state index >= 15 is 0 Å². The van der Waals surface area contributed by atoms with Gasteiger partial charge in [0.05, 0.1) is 0 Å². The molecule has 1 aromatic rings. The van der Waals surface area contributed by atoms with Crippen molar-refractivity contribution in [2.45, 2.75) is 0 Å². The lowest BCUT2D eigenvalue weighted by atomic mass is 10.2. The van der Waals surface area contributed by atoms with Crippen LogP contribution in [0.5, 0.6) is 0 Å². The quantitative estimate of drug-likeness (QED) is 0.818. The number of halogens is 2. The highest BCUT2D eigenvalue weighted by molar-refractivity contribution is 5.97. The molecule has 2 N–H and O–H groups in total. The predicted molar refractivity (Wildman–Crippen MR) is 57.5 cm³/mol. The van der Waals surface area contributed by atoms with Crippen LogP contribution in [0.2, 0.25) is 0 Å². The zero-order chi connectivity index (χ0) is 14.6. The van der Waals surface area contributed by atoms with Gasteiger partial charge in [0.15, 0.2) is 0 Å². The van der Waals surface area contributed by atoms with E-state index in [9.17, 15) is 23.2 Å². The first-order valence-corrected chi connectivity index (χ1v) is 4.98. The average Bonchev–Trinajstić information content (AvgIpc) is 2.24. The van der Waals surface area contributed by atoms with E-state index in [1.54, 1.807) is 0 Å². The number of aliphatic carboxylic acids is 2. The minimum atomic E-state index is -1.44. The second-order valence-electron chi connectivity index (χ2n) is 3.61. The van der Waals surface area contributed by atoms with Crippen molar-refractivity contribution in [3.8, 4) is 0 Å². The van der Waals surface area contributed by atoms with Crippen LogP contribution in [-0.4, -0.2) is 46.0 Å². The zero-order valence-electron chi connectivity index (χ0n) is 9.47. The fourth-order valence-electron chi connectivity index (χ4n) is 1.39. The van der Waals surface area contributed by atoms with Gasteiger partial charge in [0.2, 0.25) is 0 Å². The molecule has 0 aromatic heterocycles. The Bertz CT molecular complexity index is 496. The molecule has 0 unspecified atom stereocenters. The van der Waals surface area contributed by atoms with Crippen LogP contribution in [0, 0.1) is 11.6 Å². The molecule has 0 aliphatic carbocycles. The molecule has 0 atom stereocenters. The van der Waals surface area contributed by atoms with Gasteiger partial charge in [0.25, 0.3) is 5.91 Å². The van der Waals surface area contributed by atoms with Crippen LogP contribution >= 0.6 is 0 Å². The molecule has 6 nitrogen and oxygen atoms in total. The Kier molecular flexibility index (Phi) is 4.51. The second kappa shape index (κ2) is 5.89. The summed E-state index contributed by atoms with van der Waals surface area (Å²) in [6.07, 6.45) is 0. The van der Waals surface area contributed by atoms with Crippen molar-refractivity contribution in [3.63, 3.8) is 0 Å². The number of carboxylic acids is 2. The van der Waals surface area contributed by atoms with E-state index in [2.05, 4.69) is 0 Å². The molecule has 0 heterocycles. The van der Waals surface area contributed by atoms with Crippen molar-refractivity contribution in [2.24, 2.45) is 0 Å². The average molecular weight is 273 g/mol. The zero-order valence-corrected chi connectivity index (χ0v) is 9.47. The molecule has 0 saturated heterocycles. The van der Waals surface area contributed by atoms with Crippen LogP contribution < -0.4 is 0 Å². The number of amides is 1. The Morgan fingerprint density at radius 1 is 0.947 bits per heavy atom. The van der Waals surface area contributed by atoms with Gasteiger partial charge in [0.1, 0.15) is 24.7 Å². The highest BCUT2D eigenvalue weighted by atomic mass is 19.1. The van der Waals surface area contributed by atoms with E-state index in [4.69, 9.17) is 10.2 Å². The van der Waals surface area contributed by atoms with E-state index in [-0.39, 0.29) is 0 Å². The van der Waals surface area contributed by atoms with Gasteiger partial charge >= 0.3 is 11.9 Å². The monoisotopic (exact) mass is 273 g/mol. The number of carbonyl (C=O) groups is 3. The third-order valence-corrected chi connectivity index (χ3v) is 2.05. The molecular weight excluding hydrogens is 264 g/mol. The van der Waals surface area contributed by atoms with E-state index in [0.29, 0.717) is 23.1 Å². The molecule has 0 saturated carbocycles. The first kappa shape index (κ1) is 14.6. The van der Waals surface area contributed by atoms with Gasteiger partial charge in [-0.2, -0.15) is 0 Å². The number of nitrogens with zero attached hydrogens (tertiary/aromatic N) is 1. The SMILES string of the molecule is O=C(O)CN(CC(=O)O)C(=O)c1cc(F)cc(F)c1. The molecule has 0 aliphatic heterocycles. The molecule has 1 rings (SSSR count). The molecular formula is C11H9F2NO5. The molecule has 19 heavy (non-hydrogen) atoms. The number of rotatable bonds is 5. The van der Waals surface area contributed by atoms with Crippen LogP contribution in [0.4, 0.5) is 8.78 Å². The summed E-state index contributed by atoms with van der Waals surface area (Å²) >= 11 is 0. The summed E-state index contributed by atoms with van der Waals surface area (Å²) in [6, 6.07) is 1.93. The Balaban J connectivity index is 3.03. The number of carbonyl (C=O) groups excluding carboxylic acids is 1. The van der Waals surface area contributed by atoms with Gasteiger partial charge in [-0.1, -0.05) is 0 Å². The highest BCUT2D eigenvalue weighted by Crippen LogP contribution is 2.10. The maximum atomic E-state index is 12.9. The van der Waals surface area contributed by atoms with Gasteiger partial charge in [-0.15, -0.1) is 0 Å². The third-order valence-electron chi connectivity index (χ3n) is 2.05. The smallest absolute Gasteiger partial charge is 0.323 e. The van der Waals surface area contributed by atoms with Crippen molar-refractivity contribution >= 4 is 17.8 Å². The summed E-state index contributed by atoms with van der Waals surface area (Å²) in [4.78, 5) is 33.3. The Hall–Kier alpha value is -2.51. The van der Waals surface area contributed by atoms with Gasteiger partial charge < -0.3 is 15.1 Å². The normalized spacial score (nSPS) is 10.0. The Morgan fingerprint density at radius 3 is 1.74 bits per heavy atom. The predicted octanol–water partition coefficient (Wildman–Crippen LogP) is 0.576. The second-order valence-corrected chi connectivity index (χ2v) is 3.61. The van der Waals surface area contributed by atoms with Crippen molar-refractivity contribution in [3.05, 3.63) is 35.4 Å². The number of hydrogen-bond acceptors (Lipinski definition) is 3. The summed E-state index contributed by atoms with van der Waals surface area (Å²) in [5.74, 6) is -6.00. The van der Waals surface area contributed by atoms with Crippen molar-refractivity contribution in [1.82, 2.24) is 4.90 Å². The first-order chi connectivity index (χ1) is 8.79. The van der Waals surface area contributed by atoms with Gasteiger partial charge in [0, 0.05) is 11.6 Å². The Labute approximate surface area is 105 Å². The first-order valence-electron chi connectivity index (χ1n) is 4.98. The minimum Gasteiger partial charge on any atom is -0.480 e. The van der Waals surface area contributed by atoms with Crippen molar-refractivity contribution < 1.29 is 33.4 Å². The highest BCUT2D eigenvalue weighted by Gasteiger charge is 2.22. The van der Waals surface area contributed by atoms with Crippen molar-refractivity contribution in [2.75, 3.05) is 13.1 Å². The summed E-state index contributed by atoms with van der Waals surface area (Å²) in [5, 5.41) is 17.1. The lowest BCUT2D eigenvalue weighted by molar-refractivity contribution is -0.140. The van der Waals surface area contributed by atoms with Crippen LogP contribution in [0.1, 0.15) is 10.4 Å². The van der Waals surface area contributed by atoms with Gasteiger partial charge in [-0.25, -0.2) is 8.78 Å². The van der Waals surface area contributed by atoms with Gasteiger partial charge in [-0.3, -0.25) is 14.4 Å². The summed E-state index contributed by atoms with van der Waals surface area (Å²) in [7, 11) is 0. The fourth-order valence-corrected chi connectivity index (χ4v) is 1.39. The lowest BCUT2D eigenvalue weighted by Gasteiger charge is -2.18. The van der Waals surface area contributed by atoms with Crippen LogP contribution in [0.3, 0.4) is 0 Å². The van der Waals surface area contributed by atoms with Crippen LogP contribution in [-0.2, 0) is 9.59 Å². The fraction of sp³-hybridized carbons (Fsp3) is 0.182. The molecule has 0 radical (unpaired) electrons. The van der Waals surface area contributed by atoms with E-state index in [1.807, 2.05) is 0 Å². The molecule has 0 spiro atoms. The van der Waals surface area contributed by atoms with Crippen LogP contribution in [0.25, 0.3) is 0 Å². The number of benzene rings is 1. The standard InChI is InChI=1S/C11H9F2NO5/c12-7-1-6(2-8(13)3-7)11(19)14(4-9(15)16)5-10(17)18/h1-3H,4-5H2,(H,15,16)(H,17,18). The van der Waals surface area contributed by atoms with E-state index < -0.39 is 48.1 Å². The molecule has 1 aromatic carbocycles. The summed E-state index contributed by atoms with van der Waals surface area (Å²) in [5.41, 5.74) is -0.458. The Morgan fingerprint density at radius 2 is 1.37 bits per heavy atom. The third kappa shape index (κ3) is 4.34. The van der Waals surface area contributed by atoms with Crippen LogP contribution in [0.15, 0.2) is 18.2 Å². The van der Waals surface area contributed by atoms with E-state index in [0.717, 1.165) is 0 Å². The molecule has 8 heteroatoms. The number of hydrogen-bond donors (Lipinski definition) is 2. The van der Waals surface area contributed by atoms with E-state index in [1.165, 1.54) is 0 Å². The minimum absolute atomic E-state index is 0.457. The largest absolute Gasteiger partial charge is 0.480 e. The molecule has 0 bridgehead atoms. The molecule has 1 amide bonds. The number of carboxylic acid groups (broad SMARTS) is 2.